The highest BCUT2D eigenvalue weighted by atomic mass is 32.2. The Labute approximate surface area is 80.3 Å². The summed E-state index contributed by atoms with van der Waals surface area (Å²) < 4.78 is 1.76. The SMILES string of the molecule is CSC(=S)C1SCCCS1. The lowest BCUT2D eigenvalue weighted by Gasteiger charge is -2.20. The lowest BCUT2D eigenvalue weighted by Crippen LogP contribution is -2.12. The van der Waals surface area contributed by atoms with E-state index in [0.29, 0.717) is 4.58 Å². The van der Waals surface area contributed by atoms with Gasteiger partial charge in [-0.15, -0.1) is 35.3 Å². The third-order valence-electron chi connectivity index (χ3n) is 1.22. The fourth-order valence-corrected chi connectivity index (χ4v) is 4.77. The number of hydrogen-bond donors (Lipinski definition) is 0. The molecule has 1 aliphatic heterocycles. The minimum absolute atomic E-state index is 0.596. The second kappa shape index (κ2) is 4.91. The van der Waals surface area contributed by atoms with Gasteiger partial charge in [-0.25, -0.2) is 0 Å². The summed E-state index contributed by atoms with van der Waals surface area (Å²) in [6, 6.07) is 0. The molecule has 4 heteroatoms. The van der Waals surface area contributed by atoms with E-state index < -0.39 is 0 Å². The maximum Gasteiger partial charge on any atom is 0.0911 e. The van der Waals surface area contributed by atoms with Gasteiger partial charge in [-0.2, -0.15) is 0 Å². The van der Waals surface area contributed by atoms with Crippen molar-refractivity contribution in [2.45, 2.75) is 11.0 Å². The third kappa shape index (κ3) is 2.64. The van der Waals surface area contributed by atoms with Gasteiger partial charge in [0.1, 0.15) is 0 Å². The minimum atomic E-state index is 0.596. The van der Waals surface area contributed by atoms with Gasteiger partial charge >= 0.3 is 0 Å². The van der Waals surface area contributed by atoms with Crippen LogP contribution < -0.4 is 0 Å². The summed E-state index contributed by atoms with van der Waals surface area (Å²) in [6.45, 7) is 0. The number of rotatable bonds is 1. The predicted molar refractivity (Wildman–Crippen MR) is 59.4 cm³/mol. The normalized spacial score (nSPS) is 20.9. The predicted octanol–water partition coefficient (Wildman–Crippen LogP) is 2.87. The molecule has 0 amide bonds. The van der Waals surface area contributed by atoms with Gasteiger partial charge in [0.25, 0.3) is 0 Å². The first kappa shape index (κ1) is 9.23. The second-order valence-electron chi connectivity index (χ2n) is 1.95. The molecule has 0 aromatic heterocycles. The fraction of sp³-hybridized carbons (Fsp3) is 0.833. The largest absolute Gasteiger partial charge is 0.141 e. The average molecular weight is 210 g/mol. The van der Waals surface area contributed by atoms with E-state index in [1.807, 2.05) is 23.5 Å². The molecular formula is C6H10S4. The second-order valence-corrected chi connectivity index (χ2v) is 6.22. The van der Waals surface area contributed by atoms with Crippen LogP contribution in [0.2, 0.25) is 0 Å². The Morgan fingerprint density at radius 3 is 2.60 bits per heavy atom. The highest BCUT2D eigenvalue weighted by molar-refractivity contribution is 8.29. The number of hydrogen-bond acceptors (Lipinski definition) is 4. The molecular weight excluding hydrogens is 200 g/mol. The van der Waals surface area contributed by atoms with Crippen LogP contribution in [0.15, 0.2) is 0 Å². The number of thiocarbonyl (C=S) groups is 1. The van der Waals surface area contributed by atoms with E-state index in [9.17, 15) is 0 Å². The van der Waals surface area contributed by atoms with Crippen LogP contribution in [0.5, 0.6) is 0 Å². The molecule has 0 atom stereocenters. The molecule has 10 heavy (non-hydrogen) atoms. The van der Waals surface area contributed by atoms with Crippen molar-refractivity contribution in [2.24, 2.45) is 0 Å². The summed E-state index contributed by atoms with van der Waals surface area (Å²) in [7, 11) is 0. The van der Waals surface area contributed by atoms with Crippen LogP contribution in [-0.2, 0) is 0 Å². The molecule has 0 radical (unpaired) electrons. The highest BCUT2D eigenvalue weighted by Gasteiger charge is 2.17. The van der Waals surface area contributed by atoms with Crippen molar-refractivity contribution < 1.29 is 0 Å². The molecule has 0 saturated carbocycles. The van der Waals surface area contributed by atoms with E-state index in [0.717, 1.165) is 4.20 Å². The van der Waals surface area contributed by atoms with E-state index in [2.05, 4.69) is 6.26 Å². The van der Waals surface area contributed by atoms with Gasteiger partial charge in [-0.1, -0.05) is 12.2 Å². The van der Waals surface area contributed by atoms with E-state index >= 15 is 0 Å². The van der Waals surface area contributed by atoms with Gasteiger partial charge in [0.15, 0.2) is 0 Å². The molecule has 0 aromatic carbocycles. The molecule has 1 heterocycles. The molecule has 1 aliphatic rings. The molecule has 0 unspecified atom stereocenters. The van der Waals surface area contributed by atoms with Crippen LogP contribution in [0.3, 0.4) is 0 Å². The summed E-state index contributed by atoms with van der Waals surface area (Å²) >= 11 is 10.9. The number of thioether (sulfide) groups is 3. The Kier molecular flexibility index (Phi) is 4.53. The van der Waals surface area contributed by atoms with Crippen molar-refractivity contribution in [3.05, 3.63) is 0 Å². The Balaban J connectivity index is 2.31. The zero-order valence-corrected chi connectivity index (χ0v) is 9.10. The van der Waals surface area contributed by atoms with Crippen LogP contribution in [-0.4, -0.2) is 26.5 Å². The first-order valence-electron chi connectivity index (χ1n) is 3.15. The van der Waals surface area contributed by atoms with Crippen LogP contribution in [0.4, 0.5) is 0 Å². The molecule has 0 aliphatic carbocycles. The summed E-state index contributed by atoms with van der Waals surface area (Å²) in [4.78, 5) is 0. The Morgan fingerprint density at radius 2 is 2.10 bits per heavy atom. The molecule has 1 saturated heterocycles. The summed E-state index contributed by atoms with van der Waals surface area (Å²) in [5.41, 5.74) is 0. The summed E-state index contributed by atoms with van der Waals surface area (Å²) in [6.07, 6.45) is 3.42. The van der Waals surface area contributed by atoms with Crippen LogP contribution in [0, 0.1) is 0 Å². The first-order chi connectivity index (χ1) is 4.84. The summed E-state index contributed by atoms with van der Waals surface area (Å²) in [5.74, 6) is 2.58. The molecule has 58 valence electrons. The van der Waals surface area contributed by atoms with Gasteiger partial charge in [-0.05, 0) is 24.2 Å². The molecule has 1 rings (SSSR count). The minimum Gasteiger partial charge on any atom is -0.141 e. The molecule has 0 nitrogen and oxygen atoms in total. The molecule has 1 fully saturated rings. The van der Waals surface area contributed by atoms with Crippen molar-refractivity contribution in [1.29, 1.82) is 0 Å². The van der Waals surface area contributed by atoms with Gasteiger partial charge in [0.05, 0.1) is 8.78 Å². The zero-order chi connectivity index (χ0) is 7.40. The Morgan fingerprint density at radius 1 is 1.50 bits per heavy atom. The monoisotopic (exact) mass is 210 g/mol. The van der Waals surface area contributed by atoms with Gasteiger partial charge in [0, 0.05) is 0 Å². The van der Waals surface area contributed by atoms with Gasteiger partial charge in [-0.3, -0.25) is 0 Å². The molecule has 0 N–H and O–H groups in total. The van der Waals surface area contributed by atoms with Gasteiger partial charge in [0.2, 0.25) is 0 Å². The molecule has 0 bridgehead atoms. The van der Waals surface area contributed by atoms with E-state index in [4.69, 9.17) is 12.2 Å². The lowest BCUT2D eigenvalue weighted by atomic mass is 10.6. The topological polar surface area (TPSA) is 0 Å². The maximum absolute atomic E-state index is 5.20. The van der Waals surface area contributed by atoms with Crippen molar-refractivity contribution in [3.63, 3.8) is 0 Å². The van der Waals surface area contributed by atoms with Crippen molar-refractivity contribution in [1.82, 2.24) is 0 Å². The quantitative estimate of drug-likeness (QED) is 0.610. The van der Waals surface area contributed by atoms with E-state index in [-0.39, 0.29) is 0 Å². The maximum atomic E-state index is 5.20. The average Bonchev–Trinajstić information content (AvgIpc) is 2.05. The van der Waals surface area contributed by atoms with Crippen molar-refractivity contribution in [3.8, 4) is 0 Å². The Bertz CT molecular complexity index is 117. The highest BCUT2D eigenvalue weighted by Crippen LogP contribution is 2.33. The van der Waals surface area contributed by atoms with Crippen LogP contribution >= 0.6 is 47.5 Å². The fourth-order valence-electron chi connectivity index (χ4n) is 0.720. The third-order valence-corrected chi connectivity index (χ3v) is 6.13. The first-order valence-corrected chi connectivity index (χ1v) is 6.88. The molecule has 0 spiro atoms. The van der Waals surface area contributed by atoms with Crippen molar-refractivity contribution >= 4 is 51.7 Å². The lowest BCUT2D eigenvalue weighted by molar-refractivity contribution is 1.11. The smallest absolute Gasteiger partial charge is 0.0911 e. The van der Waals surface area contributed by atoms with E-state index in [1.54, 1.807) is 11.8 Å². The molecule has 0 aromatic rings. The zero-order valence-electron chi connectivity index (χ0n) is 5.83. The van der Waals surface area contributed by atoms with Crippen LogP contribution in [0.25, 0.3) is 0 Å². The van der Waals surface area contributed by atoms with Gasteiger partial charge < -0.3 is 0 Å². The van der Waals surface area contributed by atoms with Crippen LogP contribution in [0.1, 0.15) is 6.42 Å². The Hall–Kier alpha value is 1.14. The van der Waals surface area contributed by atoms with Crippen molar-refractivity contribution in [2.75, 3.05) is 17.8 Å². The van der Waals surface area contributed by atoms with E-state index in [1.165, 1.54) is 17.9 Å². The summed E-state index contributed by atoms with van der Waals surface area (Å²) in [5, 5.41) is 0. The standard InChI is InChI=1S/C6H10S4/c1-8-5(7)6-9-3-2-4-10-6/h6H,2-4H2,1H3.